The molecule has 0 aromatic rings. The lowest BCUT2D eigenvalue weighted by atomic mass is 10.3. The van der Waals surface area contributed by atoms with Crippen LogP contribution in [-0.4, -0.2) is 61.1 Å². The van der Waals surface area contributed by atoms with Crippen molar-refractivity contribution in [2.45, 2.75) is 51.9 Å². The van der Waals surface area contributed by atoms with Gasteiger partial charge in [-0.1, -0.05) is 57.4 Å². The summed E-state index contributed by atoms with van der Waals surface area (Å²) in [4.78, 5) is 23.3. The molecule has 0 bridgehead atoms. The highest BCUT2D eigenvalue weighted by atomic mass is 31.1. The van der Waals surface area contributed by atoms with Gasteiger partial charge in [-0.25, -0.2) is 0 Å². The summed E-state index contributed by atoms with van der Waals surface area (Å²) >= 11 is 0. The second-order valence-corrected chi connectivity index (χ2v) is 13.7. The topological polar surface area (TPSA) is 52.6 Å². The van der Waals surface area contributed by atoms with E-state index in [1.165, 1.54) is 14.2 Å². The van der Waals surface area contributed by atoms with Crippen LogP contribution in [0.25, 0.3) is 0 Å². The second kappa shape index (κ2) is 9.18. The maximum Gasteiger partial charge on any atom is 0.309 e. The highest BCUT2D eigenvalue weighted by Crippen LogP contribution is 2.55. The van der Waals surface area contributed by atoms with Gasteiger partial charge in [-0.3, -0.25) is 9.59 Å². The summed E-state index contributed by atoms with van der Waals surface area (Å²) in [5.74, 6) is -0.261. The van der Waals surface area contributed by atoms with Crippen LogP contribution in [0.3, 0.4) is 0 Å². The van der Waals surface area contributed by atoms with E-state index in [-0.39, 0.29) is 22.3 Å². The largest absolute Gasteiger partial charge is 0.469 e. The third-order valence-electron chi connectivity index (χ3n) is 3.63. The highest BCUT2D eigenvalue weighted by molar-refractivity contribution is 7.64. The van der Waals surface area contributed by atoms with Crippen molar-refractivity contribution in [1.82, 2.24) is 0 Å². The summed E-state index contributed by atoms with van der Waals surface area (Å²) in [6.07, 6.45) is 2.99. The van der Waals surface area contributed by atoms with Gasteiger partial charge in [0.2, 0.25) is 0 Å². The number of hydrogen-bond donors (Lipinski definition) is 0. The number of methoxy groups -OCH3 is 2. The lowest BCUT2D eigenvalue weighted by Gasteiger charge is -2.35. The van der Waals surface area contributed by atoms with Gasteiger partial charge in [-0.2, -0.15) is 0 Å². The third kappa shape index (κ3) is 8.44. The molecule has 0 aliphatic heterocycles. The molecular formula is C16H32O4P2. The summed E-state index contributed by atoms with van der Waals surface area (Å²) < 4.78 is 9.68. The fourth-order valence-corrected chi connectivity index (χ4v) is 7.40. The lowest BCUT2D eigenvalue weighted by molar-refractivity contribution is -0.138. The van der Waals surface area contributed by atoms with Gasteiger partial charge in [0.25, 0.3) is 0 Å². The second-order valence-electron chi connectivity index (χ2n) is 7.34. The van der Waals surface area contributed by atoms with Gasteiger partial charge >= 0.3 is 11.9 Å². The van der Waals surface area contributed by atoms with Gasteiger partial charge in [-0.05, 0) is 22.6 Å². The van der Waals surface area contributed by atoms with E-state index < -0.39 is 15.8 Å². The van der Waals surface area contributed by atoms with Crippen LogP contribution in [0.2, 0.25) is 0 Å². The molecule has 0 N–H and O–H groups in total. The van der Waals surface area contributed by atoms with Crippen LogP contribution in [0.4, 0.5) is 0 Å². The zero-order valence-electron chi connectivity index (χ0n) is 15.4. The van der Waals surface area contributed by atoms with Crippen molar-refractivity contribution in [2.24, 2.45) is 0 Å². The monoisotopic (exact) mass is 350 g/mol. The highest BCUT2D eigenvalue weighted by Gasteiger charge is 2.31. The first-order valence-corrected chi connectivity index (χ1v) is 11.0. The van der Waals surface area contributed by atoms with Crippen LogP contribution < -0.4 is 0 Å². The fourth-order valence-electron chi connectivity index (χ4n) is 1.99. The predicted molar refractivity (Wildman–Crippen MR) is 96.8 cm³/mol. The molecule has 0 aromatic carbocycles. The molecule has 0 unspecified atom stereocenters. The van der Waals surface area contributed by atoms with Gasteiger partial charge in [0.1, 0.15) is 0 Å². The summed E-state index contributed by atoms with van der Waals surface area (Å²) in [5, 5.41) is 0.210. The molecule has 2 atom stereocenters. The van der Waals surface area contributed by atoms with Crippen molar-refractivity contribution in [2.75, 3.05) is 38.9 Å². The zero-order chi connectivity index (χ0) is 17.6. The number of rotatable bonds is 7. The molecule has 0 amide bonds. The smallest absolute Gasteiger partial charge is 0.309 e. The van der Waals surface area contributed by atoms with E-state index in [2.05, 4.69) is 41.5 Å². The molecule has 0 aliphatic rings. The molecule has 0 radical (unpaired) electrons. The van der Waals surface area contributed by atoms with Crippen LogP contribution in [0.15, 0.2) is 0 Å². The first-order chi connectivity index (χ1) is 9.91. The van der Waals surface area contributed by atoms with Gasteiger partial charge < -0.3 is 9.47 Å². The Morgan fingerprint density at radius 2 is 1.00 bits per heavy atom. The Kier molecular flexibility index (Phi) is 9.10. The van der Waals surface area contributed by atoms with Gasteiger partial charge in [0, 0.05) is 0 Å². The minimum absolute atomic E-state index is 0.105. The van der Waals surface area contributed by atoms with Crippen LogP contribution in [0, 0.1) is 0 Å². The fraction of sp³-hybridized carbons (Fsp3) is 0.875. The number of ether oxygens (including phenoxy) is 2. The molecule has 0 spiro atoms. The first-order valence-electron chi connectivity index (χ1n) is 7.55. The maximum absolute atomic E-state index is 11.7. The first kappa shape index (κ1) is 21.8. The number of carbonyl (C=O) groups is 2. The van der Waals surface area contributed by atoms with E-state index in [1.54, 1.807) is 0 Å². The normalized spacial score (nSPS) is 15.1. The molecule has 0 saturated heterocycles. The Hall–Kier alpha value is -0.200. The minimum atomic E-state index is -0.466. The summed E-state index contributed by atoms with van der Waals surface area (Å²) in [5.41, 5.74) is 0. The van der Waals surface area contributed by atoms with E-state index in [1.807, 2.05) is 0 Å². The SMILES string of the molecule is COC(=O)C[P@](CC[P@@](CC(=O)OC)C(C)(C)C)C(C)(C)C. The van der Waals surface area contributed by atoms with Crippen LogP contribution in [0.1, 0.15) is 41.5 Å². The molecule has 6 heteroatoms. The molecule has 0 aliphatic carbocycles. The van der Waals surface area contributed by atoms with Crippen molar-refractivity contribution in [3.63, 3.8) is 0 Å². The quantitative estimate of drug-likeness (QED) is 0.516. The van der Waals surface area contributed by atoms with Crippen molar-refractivity contribution in [1.29, 1.82) is 0 Å². The molecule has 0 saturated carbocycles. The number of hydrogen-bond acceptors (Lipinski definition) is 4. The Labute approximate surface area is 138 Å². The lowest BCUT2D eigenvalue weighted by Crippen LogP contribution is -2.24. The maximum atomic E-state index is 11.7. The van der Waals surface area contributed by atoms with E-state index in [4.69, 9.17) is 9.47 Å². The molecule has 4 nitrogen and oxygen atoms in total. The average Bonchev–Trinajstić information content (AvgIpc) is 2.38. The van der Waals surface area contributed by atoms with Crippen molar-refractivity contribution in [3.05, 3.63) is 0 Å². The van der Waals surface area contributed by atoms with Crippen LogP contribution in [0.5, 0.6) is 0 Å². The third-order valence-corrected chi connectivity index (χ3v) is 10.6. The van der Waals surface area contributed by atoms with E-state index in [0.29, 0.717) is 12.3 Å². The molecule has 22 heavy (non-hydrogen) atoms. The molecule has 0 rings (SSSR count). The van der Waals surface area contributed by atoms with Crippen molar-refractivity contribution in [3.8, 4) is 0 Å². The van der Waals surface area contributed by atoms with Gasteiger partial charge in [0.15, 0.2) is 0 Å². The molecular weight excluding hydrogens is 318 g/mol. The predicted octanol–water partition coefficient (Wildman–Crippen LogP) is 3.89. The Balaban J connectivity index is 4.88. The Bertz CT molecular complexity index is 333. The standard InChI is InChI=1S/C16H32O4P2/c1-15(2,3)21(11-13(17)19-7)9-10-22(16(4,5)6)12-14(18)20-8/h9-12H2,1-8H3/t21-,22-/m0/s1. The number of esters is 2. The molecule has 0 fully saturated rings. The van der Waals surface area contributed by atoms with Crippen LogP contribution >= 0.6 is 15.8 Å². The van der Waals surface area contributed by atoms with E-state index in [9.17, 15) is 9.59 Å². The molecule has 0 aromatic heterocycles. The van der Waals surface area contributed by atoms with Gasteiger partial charge in [0.05, 0.1) is 26.5 Å². The van der Waals surface area contributed by atoms with Crippen LogP contribution in [-0.2, 0) is 19.1 Å². The molecule has 0 heterocycles. The van der Waals surface area contributed by atoms with Gasteiger partial charge in [-0.15, -0.1) is 0 Å². The summed E-state index contributed by atoms with van der Waals surface area (Å²) in [6, 6.07) is 0. The Morgan fingerprint density at radius 1 is 0.727 bits per heavy atom. The average molecular weight is 350 g/mol. The Morgan fingerprint density at radius 3 is 1.18 bits per heavy atom. The van der Waals surface area contributed by atoms with E-state index >= 15 is 0 Å². The summed E-state index contributed by atoms with van der Waals surface area (Å²) in [6.45, 7) is 13.1. The zero-order valence-corrected chi connectivity index (χ0v) is 17.1. The van der Waals surface area contributed by atoms with E-state index in [0.717, 1.165) is 12.3 Å². The van der Waals surface area contributed by atoms with Crippen molar-refractivity contribution < 1.29 is 19.1 Å². The number of carbonyl (C=O) groups excluding carboxylic acids is 2. The minimum Gasteiger partial charge on any atom is -0.469 e. The summed E-state index contributed by atoms with van der Waals surface area (Å²) in [7, 11) is 1.95. The van der Waals surface area contributed by atoms with Crippen molar-refractivity contribution >= 4 is 27.8 Å². The molecule has 130 valence electrons.